The van der Waals surface area contributed by atoms with Crippen LogP contribution < -0.4 is 5.32 Å². The summed E-state index contributed by atoms with van der Waals surface area (Å²) in [6.45, 7) is 7.45. The number of nitrogens with one attached hydrogen (secondary N) is 1. The molecular formula is C20H20FN3O2S. The summed E-state index contributed by atoms with van der Waals surface area (Å²) in [5, 5.41) is 10.6. The lowest BCUT2D eigenvalue weighted by Crippen LogP contribution is -2.22. The van der Waals surface area contributed by atoms with Gasteiger partial charge < -0.3 is 9.73 Å². The fourth-order valence-corrected chi connectivity index (χ4v) is 3.05. The number of carbonyl (C=O) groups excluding carboxylic acids is 1. The van der Waals surface area contributed by atoms with E-state index >= 15 is 0 Å². The molecule has 3 rings (SSSR count). The summed E-state index contributed by atoms with van der Waals surface area (Å²) in [5.74, 6) is -0.217. The number of carbonyl (C=O) groups is 1. The van der Waals surface area contributed by atoms with Crippen molar-refractivity contribution in [1.29, 1.82) is 0 Å². The molecule has 3 aromatic rings. The number of aromatic nitrogens is 2. The van der Waals surface area contributed by atoms with Crippen molar-refractivity contribution < 1.29 is 13.6 Å². The highest BCUT2D eigenvalue weighted by molar-refractivity contribution is 8.00. The van der Waals surface area contributed by atoms with Crippen LogP contribution in [0.5, 0.6) is 0 Å². The normalized spacial score (nSPS) is 12.0. The minimum Gasteiger partial charge on any atom is -0.411 e. The van der Waals surface area contributed by atoms with Crippen LogP contribution in [0, 0.1) is 26.6 Å². The first-order valence-electron chi connectivity index (χ1n) is 8.48. The molecule has 5 nitrogen and oxygen atoms in total. The molecule has 0 bridgehead atoms. The maximum Gasteiger partial charge on any atom is 0.277 e. The van der Waals surface area contributed by atoms with E-state index in [2.05, 4.69) is 15.5 Å². The Labute approximate surface area is 161 Å². The van der Waals surface area contributed by atoms with E-state index in [0.717, 1.165) is 22.9 Å². The summed E-state index contributed by atoms with van der Waals surface area (Å²) >= 11 is 1.16. The van der Waals surface area contributed by atoms with Crippen LogP contribution in [0.25, 0.3) is 11.5 Å². The highest BCUT2D eigenvalue weighted by Crippen LogP contribution is 2.27. The van der Waals surface area contributed by atoms with Crippen molar-refractivity contribution >= 4 is 23.4 Å². The molecule has 27 heavy (non-hydrogen) atoms. The molecule has 1 amide bonds. The molecule has 0 saturated carbocycles. The lowest BCUT2D eigenvalue weighted by atomic mass is 10.1. The summed E-state index contributed by atoms with van der Waals surface area (Å²) in [6, 6.07) is 10.5. The largest absolute Gasteiger partial charge is 0.411 e. The van der Waals surface area contributed by atoms with E-state index < -0.39 is 5.25 Å². The molecule has 0 spiro atoms. The van der Waals surface area contributed by atoms with Crippen molar-refractivity contribution in [3.63, 3.8) is 0 Å². The van der Waals surface area contributed by atoms with Gasteiger partial charge in [0.25, 0.3) is 5.22 Å². The van der Waals surface area contributed by atoms with Crippen LogP contribution in [0.3, 0.4) is 0 Å². The number of hydrogen-bond donors (Lipinski definition) is 1. The average molecular weight is 385 g/mol. The number of amides is 1. The SMILES string of the molecule is Cc1ccc(-c2nnc(S[C@@H](C)C(=O)Nc3ccc(C)c(F)c3)o2)cc1C. The number of aryl methyl sites for hydroxylation is 3. The fraction of sp³-hybridized carbons (Fsp3) is 0.250. The second-order valence-corrected chi connectivity index (χ2v) is 7.68. The molecule has 0 radical (unpaired) electrons. The Morgan fingerprint density at radius 2 is 1.81 bits per heavy atom. The highest BCUT2D eigenvalue weighted by Gasteiger charge is 2.19. The van der Waals surface area contributed by atoms with Gasteiger partial charge in [-0.1, -0.05) is 23.9 Å². The Morgan fingerprint density at radius 3 is 2.52 bits per heavy atom. The third-order valence-electron chi connectivity index (χ3n) is 4.25. The summed E-state index contributed by atoms with van der Waals surface area (Å²) in [7, 11) is 0. The molecule has 2 aromatic carbocycles. The third kappa shape index (κ3) is 4.54. The molecule has 0 unspecified atom stereocenters. The van der Waals surface area contributed by atoms with Gasteiger partial charge in [-0.2, -0.15) is 0 Å². The number of nitrogens with zero attached hydrogens (tertiary/aromatic N) is 2. The van der Waals surface area contributed by atoms with E-state index in [1.165, 1.54) is 11.6 Å². The molecule has 1 N–H and O–H groups in total. The quantitative estimate of drug-likeness (QED) is 0.632. The Bertz CT molecular complexity index is 987. The van der Waals surface area contributed by atoms with Gasteiger partial charge in [0.15, 0.2) is 0 Å². The summed E-state index contributed by atoms with van der Waals surface area (Å²) in [4.78, 5) is 12.3. The predicted octanol–water partition coefficient (Wildman–Crippen LogP) is 4.92. The number of thioether (sulfide) groups is 1. The molecule has 1 atom stereocenters. The van der Waals surface area contributed by atoms with Gasteiger partial charge in [-0.15, -0.1) is 10.2 Å². The zero-order chi connectivity index (χ0) is 19.6. The van der Waals surface area contributed by atoms with Crippen molar-refractivity contribution in [1.82, 2.24) is 10.2 Å². The molecule has 0 aliphatic rings. The fourth-order valence-electron chi connectivity index (χ4n) is 2.37. The maximum absolute atomic E-state index is 13.6. The van der Waals surface area contributed by atoms with E-state index in [-0.39, 0.29) is 11.7 Å². The number of hydrogen-bond acceptors (Lipinski definition) is 5. The van der Waals surface area contributed by atoms with Crippen LogP contribution in [-0.4, -0.2) is 21.4 Å². The van der Waals surface area contributed by atoms with E-state index in [9.17, 15) is 9.18 Å². The monoisotopic (exact) mass is 385 g/mol. The number of anilines is 1. The maximum atomic E-state index is 13.6. The van der Waals surface area contributed by atoms with Gasteiger partial charge in [-0.05, 0) is 68.7 Å². The van der Waals surface area contributed by atoms with Crippen molar-refractivity contribution in [2.24, 2.45) is 0 Å². The Hall–Kier alpha value is -2.67. The van der Waals surface area contributed by atoms with Crippen LogP contribution in [-0.2, 0) is 4.79 Å². The lowest BCUT2D eigenvalue weighted by molar-refractivity contribution is -0.115. The zero-order valence-electron chi connectivity index (χ0n) is 15.5. The molecule has 7 heteroatoms. The Balaban J connectivity index is 1.66. The van der Waals surface area contributed by atoms with E-state index in [1.807, 2.05) is 32.0 Å². The van der Waals surface area contributed by atoms with Crippen LogP contribution >= 0.6 is 11.8 Å². The van der Waals surface area contributed by atoms with E-state index in [1.54, 1.807) is 26.0 Å². The molecule has 0 aliphatic carbocycles. The van der Waals surface area contributed by atoms with Gasteiger partial charge in [-0.25, -0.2) is 4.39 Å². The minimum atomic E-state index is -0.484. The summed E-state index contributed by atoms with van der Waals surface area (Å²) in [5.41, 5.74) is 4.10. The van der Waals surface area contributed by atoms with Gasteiger partial charge in [0.1, 0.15) is 5.82 Å². The third-order valence-corrected chi connectivity index (χ3v) is 5.18. The molecular weight excluding hydrogens is 365 g/mol. The van der Waals surface area contributed by atoms with Gasteiger partial charge >= 0.3 is 0 Å². The first kappa shape index (κ1) is 19.1. The molecule has 1 aromatic heterocycles. The van der Waals surface area contributed by atoms with Crippen LogP contribution in [0.2, 0.25) is 0 Å². The van der Waals surface area contributed by atoms with Crippen LogP contribution in [0.1, 0.15) is 23.6 Å². The van der Waals surface area contributed by atoms with Gasteiger partial charge in [0.05, 0.1) is 5.25 Å². The predicted molar refractivity (Wildman–Crippen MR) is 104 cm³/mol. The van der Waals surface area contributed by atoms with Crippen molar-refractivity contribution in [3.8, 4) is 11.5 Å². The van der Waals surface area contributed by atoms with Crippen LogP contribution in [0.15, 0.2) is 46.0 Å². The average Bonchev–Trinajstić information content (AvgIpc) is 3.09. The standard InChI is InChI=1S/C20H20FN3O2S/c1-11-5-7-15(9-13(11)3)19-23-24-20(26-19)27-14(4)18(25)22-16-8-6-12(2)17(21)10-16/h5-10,14H,1-4H3,(H,22,25)/t14-/m0/s1. The van der Waals surface area contributed by atoms with Crippen molar-refractivity contribution in [2.45, 2.75) is 38.2 Å². The topological polar surface area (TPSA) is 68.0 Å². The Morgan fingerprint density at radius 1 is 1.07 bits per heavy atom. The van der Waals surface area contributed by atoms with Crippen LogP contribution in [0.4, 0.5) is 10.1 Å². The molecule has 140 valence electrons. The minimum absolute atomic E-state index is 0.269. The number of halogens is 1. The van der Waals surface area contributed by atoms with E-state index in [0.29, 0.717) is 22.4 Å². The Kier molecular flexibility index (Phi) is 5.60. The lowest BCUT2D eigenvalue weighted by Gasteiger charge is -2.10. The summed E-state index contributed by atoms with van der Waals surface area (Å²) in [6.07, 6.45) is 0. The second-order valence-electron chi connectivity index (χ2n) is 6.39. The van der Waals surface area contributed by atoms with E-state index in [4.69, 9.17) is 4.42 Å². The number of rotatable bonds is 5. The molecule has 0 aliphatic heterocycles. The summed E-state index contributed by atoms with van der Waals surface area (Å²) < 4.78 is 19.3. The first-order valence-corrected chi connectivity index (χ1v) is 9.36. The first-order chi connectivity index (χ1) is 12.8. The zero-order valence-corrected chi connectivity index (χ0v) is 16.4. The molecule has 1 heterocycles. The van der Waals surface area contributed by atoms with Crippen molar-refractivity contribution in [3.05, 3.63) is 58.9 Å². The van der Waals surface area contributed by atoms with Gasteiger partial charge in [0, 0.05) is 11.3 Å². The van der Waals surface area contributed by atoms with Crippen molar-refractivity contribution in [2.75, 3.05) is 5.32 Å². The van der Waals surface area contributed by atoms with Gasteiger partial charge in [-0.3, -0.25) is 4.79 Å². The van der Waals surface area contributed by atoms with Gasteiger partial charge in [0.2, 0.25) is 11.8 Å². The second kappa shape index (κ2) is 7.92. The smallest absolute Gasteiger partial charge is 0.277 e. The molecule has 0 saturated heterocycles. The number of benzene rings is 2. The highest BCUT2D eigenvalue weighted by atomic mass is 32.2. The molecule has 0 fully saturated rings.